The van der Waals surface area contributed by atoms with Crippen molar-refractivity contribution in [2.24, 2.45) is 0 Å². The highest BCUT2D eigenvalue weighted by Gasteiger charge is 2.16. The minimum Gasteiger partial charge on any atom is -0.325 e. The Balaban J connectivity index is 1.43. The summed E-state index contributed by atoms with van der Waals surface area (Å²) < 4.78 is 13.8. The zero-order chi connectivity index (χ0) is 22.5. The number of hydrogen-bond donors (Lipinski definition) is 2. The van der Waals surface area contributed by atoms with E-state index < -0.39 is 11.7 Å². The van der Waals surface area contributed by atoms with Gasteiger partial charge in [0.1, 0.15) is 5.82 Å². The monoisotopic (exact) mass is 444 g/mol. The number of fused-ring (bicyclic) bond motifs is 1. The van der Waals surface area contributed by atoms with Crippen molar-refractivity contribution in [1.82, 2.24) is 0 Å². The first-order valence-electron chi connectivity index (χ1n) is 10.1. The van der Waals surface area contributed by atoms with Gasteiger partial charge in [-0.25, -0.2) is 4.39 Å². The van der Waals surface area contributed by atoms with Crippen LogP contribution >= 0.6 is 11.8 Å². The van der Waals surface area contributed by atoms with Crippen LogP contribution in [0.2, 0.25) is 0 Å². The SMILES string of the molecule is CC(Sc1cccc(NC(=O)c2ccccc2F)c1)C(=O)Nc1cccc2ccccc12. The molecule has 1 atom stereocenters. The summed E-state index contributed by atoms with van der Waals surface area (Å²) in [5.74, 6) is -1.21. The summed E-state index contributed by atoms with van der Waals surface area (Å²) >= 11 is 1.38. The summed E-state index contributed by atoms with van der Waals surface area (Å²) in [5.41, 5.74) is 1.28. The topological polar surface area (TPSA) is 58.2 Å². The minimum absolute atomic E-state index is 0.0200. The molecule has 2 amide bonds. The van der Waals surface area contributed by atoms with Crippen LogP contribution in [0, 0.1) is 5.82 Å². The van der Waals surface area contributed by atoms with Crippen LogP contribution in [0.4, 0.5) is 15.8 Å². The largest absolute Gasteiger partial charge is 0.325 e. The fourth-order valence-corrected chi connectivity index (χ4v) is 4.24. The second kappa shape index (κ2) is 9.66. The molecule has 4 rings (SSSR count). The second-order valence-electron chi connectivity index (χ2n) is 7.24. The maximum Gasteiger partial charge on any atom is 0.258 e. The Morgan fingerprint density at radius 2 is 1.56 bits per heavy atom. The van der Waals surface area contributed by atoms with E-state index in [2.05, 4.69) is 10.6 Å². The van der Waals surface area contributed by atoms with E-state index in [0.29, 0.717) is 5.69 Å². The second-order valence-corrected chi connectivity index (χ2v) is 8.65. The molecular weight excluding hydrogens is 423 g/mol. The number of carbonyl (C=O) groups excluding carboxylic acids is 2. The quantitative estimate of drug-likeness (QED) is 0.341. The molecule has 32 heavy (non-hydrogen) atoms. The third-order valence-electron chi connectivity index (χ3n) is 4.94. The number of benzene rings is 4. The first-order valence-corrected chi connectivity index (χ1v) is 11.0. The summed E-state index contributed by atoms with van der Waals surface area (Å²) in [5, 5.41) is 7.39. The van der Waals surface area contributed by atoms with Crippen molar-refractivity contribution in [2.75, 3.05) is 10.6 Å². The lowest BCUT2D eigenvalue weighted by atomic mass is 10.1. The molecule has 0 radical (unpaired) electrons. The number of nitrogens with one attached hydrogen (secondary N) is 2. The number of rotatable bonds is 6. The molecule has 0 bridgehead atoms. The molecule has 4 aromatic rings. The average Bonchev–Trinajstić information content (AvgIpc) is 2.79. The van der Waals surface area contributed by atoms with E-state index in [9.17, 15) is 14.0 Å². The van der Waals surface area contributed by atoms with Gasteiger partial charge in [0.25, 0.3) is 5.91 Å². The van der Waals surface area contributed by atoms with E-state index in [0.717, 1.165) is 21.4 Å². The summed E-state index contributed by atoms with van der Waals surface area (Å²) in [6.07, 6.45) is 0. The Bertz CT molecular complexity index is 1290. The van der Waals surface area contributed by atoms with Crippen LogP contribution in [0.1, 0.15) is 17.3 Å². The van der Waals surface area contributed by atoms with E-state index >= 15 is 0 Å². The van der Waals surface area contributed by atoms with Crippen LogP contribution in [-0.2, 0) is 4.79 Å². The molecule has 0 fully saturated rings. The highest BCUT2D eigenvalue weighted by atomic mass is 32.2. The highest BCUT2D eigenvalue weighted by molar-refractivity contribution is 8.00. The van der Waals surface area contributed by atoms with Crippen LogP contribution in [0.15, 0.2) is 95.9 Å². The first kappa shape index (κ1) is 21.6. The number of thioether (sulfide) groups is 1. The van der Waals surface area contributed by atoms with Gasteiger partial charge in [0, 0.05) is 21.7 Å². The Morgan fingerprint density at radius 3 is 2.41 bits per heavy atom. The summed E-state index contributed by atoms with van der Waals surface area (Å²) in [4.78, 5) is 26.0. The number of halogens is 1. The minimum atomic E-state index is -0.575. The van der Waals surface area contributed by atoms with Crippen molar-refractivity contribution >= 4 is 45.7 Å². The van der Waals surface area contributed by atoms with Crippen LogP contribution < -0.4 is 10.6 Å². The van der Waals surface area contributed by atoms with E-state index in [-0.39, 0.29) is 16.7 Å². The number of amides is 2. The molecule has 160 valence electrons. The molecular formula is C26H21FN2O2S. The van der Waals surface area contributed by atoms with E-state index in [1.54, 1.807) is 24.3 Å². The van der Waals surface area contributed by atoms with E-state index in [4.69, 9.17) is 0 Å². The van der Waals surface area contributed by atoms with Gasteiger partial charge in [-0.1, -0.05) is 54.6 Å². The number of anilines is 2. The molecule has 4 aromatic carbocycles. The molecule has 0 aliphatic rings. The van der Waals surface area contributed by atoms with Gasteiger partial charge in [0.15, 0.2) is 0 Å². The Labute approximate surface area is 189 Å². The standard InChI is InChI=1S/C26H21FN2O2S/c1-17(25(30)29-24-15-6-9-18-8-2-3-12-21(18)24)32-20-11-7-10-19(16-20)28-26(31)22-13-4-5-14-23(22)27/h2-17H,1H3,(H,28,31)(H,29,30). The van der Waals surface area contributed by atoms with Crippen molar-refractivity contribution in [1.29, 1.82) is 0 Å². The summed E-state index contributed by atoms with van der Waals surface area (Å²) in [6, 6.07) is 26.7. The molecule has 6 heteroatoms. The Morgan fingerprint density at radius 1 is 0.844 bits per heavy atom. The van der Waals surface area contributed by atoms with Gasteiger partial charge in [-0.2, -0.15) is 0 Å². The maximum atomic E-state index is 13.8. The smallest absolute Gasteiger partial charge is 0.258 e. The molecule has 0 aliphatic carbocycles. The predicted octanol–water partition coefficient (Wildman–Crippen LogP) is 6.35. The van der Waals surface area contributed by atoms with Gasteiger partial charge in [-0.3, -0.25) is 9.59 Å². The zero-order valence-electron chi connectivity index (χ0n) is 17.3. The van der Waals surface area contributed by atoms with E-state index in [1.165, 1.54) is 30.0 Å². The molecule has 0 saturated heterocycles. The Kier molecular flexibility index (Phi) is 6.52. The predicted molar refractivity (Wildman–Crippen MR) is 129 cm³/mol. The number of carbonyl (C=O) groups is 2. The number of hydrogen-bond acceptors (Lipinski definition) is 3. The fourth-order valence-electron chi connectivity index (χ4n) is 3.32. The van der Waals surface area contributed by atoms with Crippen LogP contribution in [0.5, 0.6) is 0 Å². The van der Waals surface area contributed by atoms with Crippen LogP contribution in [0.25, 0.3) is 10.8 Å². The maximum absolute atomic E-state index is 13.8. The molecule has 0 spiro atoms. The first-order chi connectivity index (χ1) is 15.5. The molecule has 1 unspecified atom stereocenters. The molecule has 0 aromatic heterocycles. The van der Waals surface area contributed by atoms with Crippen molar-refractivity contribution in [3.8, 4) is 0 Å². The lowest BCUT2D eigenvalue weighted by molar-refractivity contribution is -0.115. The van der Waals surface area contributed by atoms with Gasteiger partial charge in [0.2, 0.25) is 5.91 Å². The molecule has 0 heterocycles. The van der Waals surface area contributed by atoms with Gasteiger partial charge in [-0.15, -0.1) is 11.8 Å². The lowest BCUT2D eigenvalue weighted by Gasteiger charge is -2.14. The highest BCUT2D eigenvalue weighted by Crippen LogP contribution is 2.28. The van der Waals surface area contributed by atoms with Gasteiger partial charge in [-0.05, 0) is 48.7 Å². The normalized spacial score (nSPS) is 11.7. The lowest BCUT2D eigenvalue weighted by Crippen LogP contribution is -2.22. The van der Waals surface area contributed by atoms with E-state index in [1.807, 2.05) is 55.5 Å². The van der Waals surface area contributed by atoms with Gasteiger partial charge < -0.3 is 10.6 Å². The third kappa shape index (κ3) is 4.98. The third-order valence-corrected chi connectivity index (χ3v) is 6.03. The van der Waals surface area contributed by atoms with Gasteiger partial charge in [0.05, 0.1) is 10.8 Å². The van der Waals surface area contributed by atoms with Crippen molar-refractivity contribution < 1.29 is 14.0 Å². The zero-order valence-corrected chi connectivity index (χ0v) is 18.2. The Hall–Kier alpha value is -3.64. The average molecular weight is 445 g/mol. The van der Waals surface area contributed by atoms with Crippen LogP contribution in [0.3, 0.4) is 0 Å². The molecule has 2 N–H and O–H groups in total. The van der Waals surface area contributed by atoms with Crippen molar-refractivity contribution in [3.05, 3.63) is 102 Å². The van der Waals surface area contributed by atoms with Crippen molar-refractivity contribution in [3.63, 3.8) is 0 Å². The molecule has 4 nitrogen and oxygen atoms in total. The molecule has 0 saturated carbocycles. The van der Waals surface area contributed by atoms with Crippen LogP contribution in [-0.4, -0.2) is 17.1 Å². The summed E-state index contributed by atoms with van der Waals surface area (Å²) in [7, 11) is 0. The summed E-state index contributed by atoms with van der Waals surface area (Å²) in [6.45, 7) is 1.83. The fraction of sp³-hybridized carbons (Fsp3) is 0.0769. The molecule has 0 aliphatic heterocycles. The van der Waals surface area contributed by atoms with Crippen molar-refractivity contribution in [2.45, 2.75) is 17.1 Å². The van der Waals surface area contributed by atoms with Gasteiger partial charge >= 0.3 is 0 Å².